The van der Waals surface area contributed by atoms with E-state index in [0.717, 1.165) is 11.1 Å². The Labute approximate surface area is 130 Å². The molecule has 0 saturated carbocycles. The van der Waals surface area contributed by atoms with Gasteiger partial charge in [0.2, 0.25) is 0 Å². The number of hydrogen-bond acceptors (Lipinski definition) is 4. The van der Waals surface area contributed by atoms with Crippen molar-refractivity contribution in [2.75, 3.05) is 7.11 Å². The first-order valence-corrected chi connectivity index (χ1v) is 7.20. The smallest absolute Gasteiger partial charge is 0.310 e. The van der Waals surface area contributed by atoms with Gasteiger partial charge in [0, 0.05) is 5.71 Å². The number of aliphatic hydroxyl groups is 1. The van der Waals surface area contributed by atoms with E-state index in [4.69, 9.17) is 10.5 Å². The summed E-state index contributed by atoms with van der Waals surface area (Å²) in [6.07, 6.45) is 3.94. The predicted molar refractivity (Wildman–Crippen MR) is 90.9 cm³/mol. The minimum atomic E-state index is -0.500. The molecular formula is C17H33NO3. The van der Waals surface area contributed by atoms with Crippen LogP contribution in [0.3, 0.4) is 0 Å². The van der Waals surface area contributed by atoms with Gasteiger partial charge >= 0.3 is 5.97 Å². The molecule has 2 N–H and O–H groups in total. The van der Waals surface area contributed by atoms with Crippen molar-refractivity contribution in [3.63, 3.8) is 0 Å². The minimum absolute atomic E-state index is 0.169. The van der Waals surface area contributed by atoms with Gasteiger partial charge < -0.3 is 15.3 Å². The average Bonchev–Trinajstić information content (AvgIpc) is 2.35. The molecule has 0 atom stereocenters. The molecule has 0 unspecified atom stereocenters. The van der Waals surface area contributed by atoms with Crippen molar-refractivity contribution >= 4 is 11.7 Å². The SMILES string of the molecule is C/C=C/C(C)=C(\CC(=O)OC)C(C)=N.CC.CC(C)(C)O. The molecule has 0 rings (SSSR count). The highest BCUT2D eigenvalue weighted by Gasteiger charge is 2.09. The van der Waals surface area contributed by atoms with E-state index in [-0.39, 0.29) is 12.4 Å². The van der Waals surface area contributed by atoms with Gasteiger partial charge in [-0.3, -0.25) is 4.79 Å². The lowest BCUT2D eigenvalue weighted by molar-refractivity contribution is -0.139. The molecule has 0 bridgehead atoms. The van der Waals surface area contributed by atoms with E-state index in [2.05, 4.69) is 4.74 Å². The van der Waals surface area contributed by atoms with Crippen LogP contribution in [0.4, 0.5) is 0 Å². The van der Waals surface area contributed by atoms with Crippen LogP contribution in [-0.4, -0.2) is 29.5 Å². The molecular weight excluding hydrogens is 266 g/mol. The molecule has 0 radical (unpaired) electrons. The molecule has 0 aliphatic rings. The van der Waals surface area contributed by atoms with E-state index in [0.29, 0.717) is 5.71 Å². The Hall–Kier alpha value is -1.42. The zero-order chi connectivity index (χ0) is 17.6. The standard InChI is InChI=1S/C11H17NO2.C4H10O.C2H6/c1-5-6-8(2)10(9(3)12)7-11(13)14-4;1-4(2,3)5;1-2/h5-6,12H,7H2,1-4H3;5H,1-3H3;1-2H3/b6-5+,10-8+,12-9?;;. The van der Waals surface area contributed by atoms with Crippen molar-refractivity contribution in [3.05, 3.63) is 23.3 Å². The molecule has 0 aliphatic heterocycles. The van der Waals surface area contributed by atoms with Crippen LogP contribution < -0.4 is 0 Å². The molecule has 0 saturated heterocycles. The van der Waals surface area contributed by atoms with Gasteiger partial charge in [-0.25, -0.2) is 0 Å². The van der Waals surface area contributed by atoms with Crippen LogP contribution in [0.1, 0.15) is 61.8 Å². The van der Waals surface area contributed by atoms with Gasteiger partial charge in [-0.2, -0.15) is 0 Å². The second-order valence-corrected chi connectivity index (χ2v) is 5.21. The van der Waals surface area contributed by atoms with Gasteiger partial charge in [0.15, 0.2) is 0 Å². The maximum Gasteiger partial charge on any atom is 0.310 e. The van der Waals surface area contributed by atoms with Gasteiger partial charge in [0.25, 0.3) is 0 Å². The van der Waals surface area contributed by atoms with Crippen molar-refractivity contribution in [1.29, 1.82) is 5.41 Å². The third-order valence-electron chi connectivity index (χ3n) is 1.89. The van der Waals surface area contributed by atoms with E-state index in [1.165, 1.54) is 7.11 Å². The van der Waals surface area contributed by atoms with Crippen LogP contribution in [0.15, 0.2) is 23.3 Å². The summed E-state index contributed by atoms with van der Waals surface area (Å²) in [5.41, 5.74) is 1.58. The van der Waals surface area contributed by atoms with Gasteiger partial charge in [-0.15, -0.1) is 0 Å². The summed E-state index contributed by atoms with van der Waals surface area (Å²) in [5.74, 6) is -0.310. The fourth-order valence-electron chi connectivity index (χ4n) is 1.13. The number of carbonyl (C=O) groups excluding carboxylic acids is 1. The van der Waals surface area contributed by atoms with Crippen LogP contribution in [0.5, 0.6) is 0 Å². The van der Waals surface area contributed by atoms with Crippen LogP contribution in [0, 0.1) is 5.41 Å². The maximum atomic E-state index is 11.1. The lowest BCUT2D eigenvalue weighted by atomic mass is 10.0. The fraction of sp³-hybridized carbons (Fsp3) is 0.647. The average molecular weight is 299 g/mol. The van der Waals surface area contributed by atoms with Crippen molar-refractivity contribution < 1.29 is 14.6 Å². The van der Waals surface area contributed by atoms with Crippen LogP contribution in [0.2, 0.25) is 0 Å². The van der Waals surface area contributed by atoms with Gasteiger partial charge in [0.1, 0.15) is 0 Å². The molecule has 0 heterocycles. The Morgan fingerprint density at radius 2 is 1.62 bits per heavy atom. The number of esters is 1. The van der Waals surface area contributed by atoms with Gasteiger partial charge in [0.05, 0.1) is 19.1 Å². The predicted octanol–water partition coefficient (Wildman–Crippen LogP) is 4.29. The summed E-state index contributed by atoms with van der Waals surface area (Å²) in [6, 6.07) is 0. The molecule has 21 heavy (non-hydrogen) atoms. The van der Waals surface area contributed by atoms with Crippen molar-refractivity contribution in [2.45, 2.75) is 67.4 Å². The number of allylic oxidation sites excluding steroid dienone is 3. The summed E-state index contributed by atoms with van der Waals surface area (Å²) >= 11 is 0. The number of methoxy groups -OCH3 is 1. The maximum absolute atomic E-state index is 11.1. The summed E-state index contributed by atoms with van der Waals surface area (Å²) in [6.45, 7) is 14.7. The molecule has 0 amide bonds. The number of nitrogens with one attached hydrogen (secondary N) is 1. The Kier molecular flexibility index (Phi) is 15.9. The Morgan fingerprint density at radius 1 is 1.24 bits per heavy atom. The Bertz CT molecular complexity index is 355. The lowest BCUT2D eigenvalue weighted by Gasteiger charge is -2.07. The number of rotatable bonds is 4. The normalized spacial score (nSPS) is 11.5. The highest BCUT2D eigenvalue weighted by atomic mass is 16.5. The molecule has 4 nitrogen and oxygen atoms in total. The van der Waals surface area contributed by atoms with Gasteiger partial charge in [-0.1, -0.05) is 26.0 Å². The summed E-state index contributed by atoms with van der Waals surface area (Å²) in [5, 5.41) is 16.1. The Morgan fingerprint density at radius 3 is 1.86 bits per heavy atom. The quantitative estimate of drug-likeness (QED) is 0.462. The van der Waals surface area contributed by atoms with E-state index in [1.54, 1.807) is 27.7 Å². The molecule has 4 heteroatoms. The van der Waals surface area contributed by atoms with Crippen molar-refractivity contribution in [1.82, 2.24) is 0 Å². The van der Waals surface area contributed by atoms with Crippen LogP contribution >= 0.6 is 0 Å². The van der Waals surface area contributed by atoms with Crippen LogP contribution in [-0.2, 0) is 9.53 Å². The van der Waals surface area contributed by atoms with Crippen molar-refractivity contribution in [2.24, 2.45) is 0 Å². The number of hydrogen-bond donors (Lipinski definition) is 2. The lowest BCUT2D eigenvalue weighted by Crippen LogP contribution is -2.10. The zero-order valence-electron chi connectivity index (χ0n) is 15.1. The van der Waals surface area contributed by atoms with E-state index >= 15 is 0 Å². The second kappa shape index (κ2) is 13.6. The number of carbonyl (C=O) groups is 1. The first-order chi connectivity index (χ1) is 9.52. The molecule has 124 valence electrons. The third-order valence-corrected chi connectivity index (χ3v) is 1.89. The summed E-state index contributed by atoms with van der Waals surface area (Å²) < 4.78 is 4.57. The van der Waals surface area contributed by atoms with E-state index in [9.17, 15) is 4.79 Å². The largest absolute Gasteiger partial charge is 0.469 e. The monoisotopic (exact) mass is 299 g/mol. The van der Waals surface area contributed by atoms with Crippen molar-refractivity contribution in [3.8, 4) is 0 Å². The topological polar surface area (TPSA) is 70.4 Å². The second-order valence-electron chi connectivity index (χ2n) is 5.21. The fourth-order valence-corrected chi connectivity index (χ4v) is 1.13. The van der Waals surface area contributed by atoms with Crippen LogP contribution in [0.25, 0.3) is 0 Å². The zero-order valence-corrected chi connectivity index (χ0v) is 15.1. The summed E-state index contributed by atoms with van der Waals surface area (Å²) in [4.78, 5) is 11.1. The number of ether oxygens (including phenoxy) is 1. The molecule has 0 aromatic heterocycles. The molecule has 0 aromatic carbocycles. The highest BCUT2D eigenvalue weighted by molar-refractivity contribution is 6.00. The molecule has 0 spiro atoms. The third kappa shape index (κ3) is 21.0. The van der Waals surface area contributed by atoms with E-state index < -0.39 is 5.60 Å². The molecule has 0 aliphatic carbocycles. The summed E-state index contributed by atoms with van der Waals surface area (Å²) in [7, 11) is 1.35. The Balaban J connectivity index is -0.000000389. The molecule has 0 fully saturated rings. The first-order valence-electron chi connectivity index (χ1n) is 7.20. The van der Waals surface area contributed by atoms with E-state index in [1.807, 2.05) is 39.8 Å². The van der Waals surface area contributed by atoms with Gasteiger partial charge in [-0.05, 0) is 52.7 Å². The first kappa shape index (κ1) is 24.6. The highest BCUT2D eigenvalue weighted by Crippen LogP contribution is 2.12. The minimum Gasteiger partial charge on any atom is -0.469 e. The molecule has 0 aromatic rings.